The standard InChI is InChI=1S/C17H19N3O2S/c1-12-6-7-15(23-12)16-18-14-5-3-2-4-13(14)17(19-16)20(8-10-21)9-11-22/h2-7,21-22H,8-11H2,1H3. The molecular weight excluding hydrogens is 310 g/mol. The summed E-state index contributed by atoms with van der Waals surface area (Å²) in [6.45, 7) is 2.91. The molecule has 3 aromatic rings. The number of aliphatic hydroxyl groups excluding tert-OH is 2. The maximum Gasteiger partial charge on any atom is 0.172 e. The summed E-state index contributed by atoms with van der Waals surface area (Å²) in [6, 6.07) is 11.9. The number of hydrogen-bond acceptors (Lipinski definition) is 6. The van der Waals surface area contributed by atoms with Crippen molar-refractivity contribution < 1.29 is 10.2 Å². The number of benzene rings is 1. The van der Waals surface area contributed by atoms with E-state index in [1.54, 1.807) is 11.3 Å². The molecule has 1 aromatic carbocycles. The lowest BCUT2D eigenvalue weighted by atomic mass is 10.2. The molecule has 2 N–H and O–H groups in total. The molecule has 0 aliphatic rings. The molecule has 0 fully saturated rings. The highest BCUT2D eigenvalue weighted by Crippen LogP contribution is 2.30. The maximum absolute atomic E-state index is 9.32. The van der Waals surface area contributed by atoms with Crippen LogP contribution >= 0.6 is 11.3 Å². The second-order valence-electron chi connectivity index (χ2n) is 5.23. The van der Waals surface area contributed by atoms with E-state index in [0.717, 1.165) is 21.6 Å². The second-order valence-corrected chi connectivity index (χ2v) is 6.52. The summed E-state index contributed by atoms with van der Waals surface area (Å²) in [4.78, 5) is 13.5. The van der Waals surface area contributed by atoms with Gasteiger partial charge in [0.2, 0.25) is 0 Å². The van der Waals surface area contributed by atoms with E-state index in [0.29, 0.717) is 18.9 Å². The van der Waals surface area contributed by atoms with Crippen LogP contribution in [-0.2, 0) is 0 Å². The fourth-order valence-electron chi connectivity index (χ4n) is 2.53. The van der Waals surface area contributed by atoms with Crippen molar-refractivity contribution >= 4 is 28.1 Å². The minimum Gasteiger partial charge on any atom is -0.395 e. The fourth-order valence-corrected chi connectivity index (χ4v) is 3.33. The van der Waals surface area contributed by atoms with Gasteiger partial charge in [0.05, 0.1) is 23.6 Å². The van der Waals surface area contributed by atoms with Gasteiger partial charge in [0.25, 0.3) is 0 Å². The molecule has 120 valence electrons. The topological polar surface area (TPSA) is 69.5 Å². The van der Waals surface area contributed by atoms with Crippen LogP contribution in [0.5, 0.6) is 0 Å². The molecule has 0 unspecified atom stereocenters. The monoisotopic (exact) mass is 329 g/mol. The number of aryl methyl sites for hydroxylation is 1. The number of aromatic nitrogens is 2. The minimum absolute atomic E-state index is 0.00573. The van der Waals surface area contributed by atoms with Crippen molar-refractivity contribution in [2.75, 3.05) is 31.2 Å². The number of nitrogens with zero attached hydrogens (tertiary/aromatic N) is 3. The predicted molar refractivity (Wildman–Crippen MR) is 94.0 cm³/mol. The van der Waals surface area contributed by atoms with E-state index < -0.39 is 0 Å². The zero-order chi connectivity index (χ0) is 16.2. The Hall–Kier alpha value is -2.02. The molecule has 5 nitrogen and oxygen atoms in total. The highest BCUT2D eigenvalue weighted by Gasteiger charge is 2.15. The van der Waals surface area contributed by atoms with Gasteiger partial charge < -0.3 is 15.1 Å². The SMILES string of the molecule is Cc1ccc(-c2nc(N(CCO)CCO)c3ccccc3n2)s1. The van der Waals surface area contributed by atoms with Crippen molar-refractivity contribution in [3.05, 3.63) is 41.3 Å². The Morgan fingerprint density at radius 3 is 2.39 bits per heavy atom. The van der Waals surface area contributed by atoms with Gasteiger partial charge in [-0.05, 0) is 31.2 Å². The van der Waals surface area contributed by atoms with E-state index in [9.17, 15) is 10.2 Å². The molecule has 0 atom stereocenters. The van der Waals surface area contributed by atoms with Gasteiger partial charge in [-0.1, -0.05) is 12.1 Å². The van der Waals surface area contributed by atoms with Crippen LogP contribution in [0.3, 0.4) is 0 Å². The lowest BCUT2D eigenvalue weighted by Gasteiger charge is -2.23. The summed E-state index contributed by atoms with van der Waals surface area (Å²) in [5, 5.41) is 19.6. The number of fused-ring (bicyclic) bond motifs is 1. The smallest absolute Gasteiger partial charge is 0.172 e. The number of rotatable bonds is 6. The summed E-state index contributed by atoms with van der Waals surface area (Å²) >= 11 is 1.65. The summed E-state index contributed by atoms with van der Waals surface area (Å²) in [5.74, 6) is 1.43. The van der Waals surface area contributed by atoms with E-state index in [1.807, 2.05) is 35.2 Å². The van der Waals surface area contributed by atoms with Crippen LogP contribution in [0.1, 0.15) is 4.88 Å². The van der Waals surface area contributed by atoms with Gasteiger partial charge in [-0.2, -0.15) is 0 Å². The van der Waals surface area contributed by atoms with E-state index in [2.05, 4.69) is 18.0 Å². The fraction of sp³-hybridized carbons (Fsp3) is 0.294. The molecule has 0 aliphatic carbocycles. The number of hydrogen-bond donors (Lipinski definition) is 2. The first-order valence-electron chi connectivity index (χ1n) is 7.53. The van der Waals surface area contributed by atoms with Crippen LogP contribution in [0.4, 0.5) is 5.82 Å². The highest BCUT2D eigenvalue weighted by atomic mass is 32.1. The Labute approximate surface area is 138 Å². The summed E-state index contributed by atoms with van der Waals surface area (Å²) in [7, 11) is 0. The van der Waals surface area contributed by atoms with Crippen LogP contribution in [0.2, 0.25) is 0 Å². The van der Waals surface area contributed by atoms with Gasteiger partial charge >= 0.3 is 0 Å². The Balaban J connectivity index is 2.17. The quantitative estimate of drug-likeness (QED) is 0.727. The minimum atomic E-state index is 0.00573. The molecule has 6 heteroatoms. The molecule has 0 radical (unpaired) electrons. The average Bonchev–Trinajstić information content (AvgIpc) is 3.00. The Morgan fingerprint density at radius 2 is 1.74 bits per heavy atom. The number of para-hydroxylation sites is 1. The van der Waals surface area contributed by atoms with Crippen LogP contribution in [0.25, 0.3) is 21.6 Å². The van der Waals surface area contributed by atoms with Crippen LogP contribution in [0, 0.1) is 6.92 Å². The van der Waals surface area contributed by atoms with Gasteiger partial charge in [0.1, 0.15) is 5.82 Å². The first kappa shape index (κ1) is 15.9. The van der Waals surface area contributed by atoms with Gasteiger partial charge in [-0.25, -0.2) is 9.97 Å². The molecule has 23 heavy (non-hydrogen) atoms. The molecule has 0 aliphatic heterocycles. The Kier molecular flexibility index (Phi) is 4.85. The highest BCUT2D eigenvalue weighted by molar-refractivity contribution is 7.15. The lowest BCUT2D eigenvalue weighted by molar-refractivity contribution is 0.281. The van der Waals surface area contributed by atoms with Gasteiger partial charge in [0, 0.05) is 23.4 Å². The van der Waals surface area contributed by atoms with Crippen molar-refractivity contribution in [1.29, 1.82) is 0 Å². The summed E-state index contributed by atoms with van der Waals surface area (Å²) in [6.07, 6.45) is 0. The van der Waals surface area contributed by atoms with Gasteiger partial charge in [-0.15, -0.1) is 11.3 Å². The second kappa shape index (κ2) is 7.04. The normalized spacial score (nSPS) is 11.1. The molecule has 2 heterocycles. The van der Waals surface area contributed by atoms with E-state index in [-0.39, 0.29) is 13.2 Å². The average molecular weight is 329 g/mol. The Morgan fingerprint density at radius 1 is 1.00 bits per heavy atom. The van der Waals surface area contributed by atoms with Crippen molar-refractivity contribution in [1.82, 2.24) is 9.97 Å². The van der Waals surface area contributed by atoms with Crippen molar-refractivity contribution in [3.8, 4) is 10.7 Å². The number of anilines is 1. The van der Waals surface area contributed by atoms with E-state index in [1.165, 1.54) is 4.88 Å². The summed E-state index contributed by atoms with van der Waals surface area (Å²) < 4.78 is 0. The zero-order valence-corrected chi connectivity index (χ0v) is 13.8. The zero-order valence-electron chi connectivity index (χ0n) is 12.9. The van der Waals surface area contributed by atoms with Crippen LogP contribution < -0.4 is 4.90 Å². The van der Waals surface area contributed by atoms with Crippen molar-refractivity contribution in [3.63, 3.8) is 0 Å². The summed E-state index contributed by atoms with van der Waals surface area (Å²) in [5.41, 5.74) is 0.861. The third-order valence-electron chi connectivity index (χ3n) is 3.58. The third kappa shape index (κ3) is 3.34. The molecule has 0 saturated heterocycles. The molecule has 0 saturated carbocycles. The molecule has 2 aromatic heterocycles. The maximum atomic E-state index is 9.32. The molecule has 0 spiro atoms. The van der Waals surface area contributed by atoms with Crippen molar-refractivity contribution in [2.24, 2.45) is 0 Å². The molecule has 3 rings (SSSR count). The molecular formula is C17H19N3O2S. The van der Waals surface area contributed by atoms with Crippen LogP contribution in [-0.4, -0.2) is 46.5 Å². The van der Waals surface area contributed by atoms with Gasteiger partial charge in [-0.3, -0.25) is 0 Å². The van der Waals surface area contributed by atoms with Crippen molar-refractivity contribution in [2.45, 2.75) is 6.92 Å². The van der Waals surface area contributed by atoms with E-state index in [4.69, 9.17) is 4.98 Å². The third-order valence-corrected chi connectivity index (χ3v) is 4.58. The number of thiophene rings is 1. The first-order valence-corrected chi connectivity index (χ1v) is 8.35. The van der Waals surface area contributed by atoms with Crippen LogP contribution in [0.15, 0.2) is 36.4 Å². The lowest BCUT2D eigenvalue weighted by Crippen LogP contribution is -2.30. The largest absolute Gasteiger partial charge is 0.395 e. The molecule has 0 amide bonds. The molecule has 0 bridgehead atoms. The Bertz CT molecular complexity index is 797. The number of aliphatic hydroxyl groups is 2. The predicted octanol–water partition coefficient (Wildman–Crippen LogP) is 2.46. The van der Waals surface area contributed by atoms with E-state index >= 15 is 0 Å². The van der Waals surface area contributed by atoms with Gasteiger partial charge in [0.15, 0.2) is 5.82 Å². The first-order chi connectivity index (χ1) is 11.2.